The van der Waals surface area contributed by atoms with Gasteiger partial charge < -0.3 is 25.1 Å². The lowest BCUT2D eigenvalue weighted by atomic mass is 9.83. The minimum absolute atomic E-state index is 0.0188. The number of benzene rings is 2. The van der Waals surface area contributed by atoms with E-state index in [9.17, 15) is 14.0 Å². The molecule has 2 aromatic rings. The average molecular weight is 511 g/mol. The number of nitrogens with one attached hydrogen (secondary N) is 2. The maximum Gasteiger partial charge on any atom is 0.415 e. The SMILES string of the molecule is CCCNC(=O)Nc1ccc(C2CCC(=NOC3CCN(C(=O)Oc4ccccc4)CC3)CC2)cc1F. The highest BCUT2D eigenvalue weighted by atomic mass is 19.1. The average Bonchev–Trinajstić information content (AvgIpc) is 2.93. The van der Waals surface area contributed by atoms with E-state index in [0.717, 1.165) is 43.4 Å². The van der Waals surface area contributed by atoms with Gasteiger partial charge in [0.05, 0.1) is 11.4 Å². The van der Waals surface area contributed by atoms with Crippen molar-refractivity contribution in [1.82, 2.24) is 10.2 Å². The minimum Gasteiger partial charge on any atom is -0.410 e. The zero-order valence-corrected chi connectivity index (χ0v) is 21.2. The molecule has 0 atom stereocenters. The summed E-state index contributed by atoms with van der Waals surface area (Å²) in [5.41, 5.74) is 2.14. The summed E-state index contributed by atoms with van der Waals surface area (Å²) in [7, 11) is 0. The minimum atomic E-state index is -0.425. The largest absolute Gasteiger partial charge is 0.415 e. The molecule has 1 saturated carbocycles. The van der Waals surface area contributed by atoms with E-state index in [1.54, 1.807) is 23.1 Å². The Hall–Kier alpha value is -3.62. The zero-order chi connectivity index (χ0) is 26.0. The highest BCUT2D eigenvalue weighted by Gasteiger charge is 2.26. The van der Waals surface area contributed by atoms with Gasteiger partial charge in [-0.3, -0.25) is 0 Å². The van der Waals surface area contributed by atoms with Crippen LogP contribution in [-0.2, 0) is 4.84 Å². The molecule has 0 aromatic heterocycles. The maximum absolute atomic E-state index is 14.6. The number of rotatable bonds is 7. The number of likely N-dealkylation sites (tertiary alicyclic amines) is 1. The number of urea groups is 1. The summed E-state index contributed by atoms with van der Waals surface area (Å²) in [5.74, 6) is 0.360. The topological polar surface area (TPSA) is 92.3 Å². The van der Waals surface area contributed by atoms with Crippen molar-refractivity contribution in [2.24, 2.45) is 5.16 Å². The first-order chi connectivity index (χ1) is 18.0. The van der Waals surface area contributed by atoms with Gasteiger partial charge in [-0.1, -0.05) is 36.3 Å². The molecule has 9 heteroatoms. The van der Waals surface area contributed by atoms with Gasteiger partial charge in [0.1, 0.15) is 17.7 Å². The van der Waals surface area contributed by atoms with Crippen LogP contribution in [0.15, 0.2) is 53.7 Å². The van der Waals surface area contributed by atoms with Crippen LogP contribution in [0, 0.1) is 5.82 Å². The summed E-state index contributed by atoms with van der Waals surface area (Å²) in [6.07, 6.45) is 5.21. The van der Waals surface area contributed by atoms with Gasteiger partial charge in [-0.05, 0) is 67.9 Å². The second-order valence-electron chi connectivity index (χ2n) is 9.52. The predicted octanol–water partition coefficient (Wildman–Crippen LogP) is 6.05. The number of oxime groups is 1. The highest BCUT2D eigenvalue weighted by molar-refractivity contribution is 5.89. The Kier molecular flexibility index (Phi) is 9.35. The summed E-state index contributed by atoms with van der Waals surface area (Å²) in [6, 6.07) is 13.7. The van der Waals surface area contributed by atoms with Crippen LogP contribution >= 0.6 is 0 Å². The molecule has 0 spiro atoms. The number of hydrogen-bond acceptors (Lipinski definition) is 5. The molecule has 1 heterocycles. The number of amides is 3. The van der Waals surface area contributed by atoms with Gasteiger partial charge in [-0.25, -0.2) is 14.0 Å². The van der Waals surface area contributed by atoms with Gasteiger partial charge in [-0.2, -0.15) is 0 Å². The number of hydrogen-bond donors (Lipinski definition) is 2. The second-order valence-corrected chi connectivity index (χ2v) is 9.52. The van der Waals surface area contributed by atoms with Crippen LogP contribution < -0.4 is 15.4 Å². The van der Waals surface area contributed by atoms with Crippen LogP contribution in [0.2, 0.25) is 0 Å². The summed E-state index contributed by atoms with van der Waals surface area (Å²) in [4.78, 5) is 31.7. The van der Waals surface area contributed by atoms with E-state index in [2.05, 4.69) is 15.8 Å². The Bertz CT molecular complexity index is 1080. The van der Waals surface area contributed by atoms with E-state index in [1.807, 2.05) is 31.2 Å². The number of ether oxygens (including phenoxy) is 1. The number of nitrogens with zero attached hydrogens (tertiary/aromatic N) is 2. The highest BCUT2D eigenvalue weighted by Crippen LogP contribution is 2.33. The first kappa shape index (κ1) is 26.4. The van der Waals surface area contributed by atoms with Crippen LogP contribution in [-0.4, -0.2) is 48.5 Å². The van der Waals surface area contributed by atoms with Crippen molar-refractivity contribution >= 4 is 23.5 Å². The lowest BCUT2D eigenvalue weighted by Gasteiger charge is -2.30. The van der Waals surface area contributed by atoms with Crippen LogP contribution in [0.3, 0.4) is 0 Å². The molecule has 0 unspecified atom stereocenters. The first-order valence-electron chi connectivity index (χ1n) is 13.1. The predicted molar refractivity (Wildman–Crippen MR) is 141 cm³/mol. The zero-order valence-electron chi connectivity index (χ0n) is 21.2. The molecule has 1 aliphatic carbocycles. The molecule has 198 valence electrons. The first-order valence-corrected chi connectivity index (χ1v) is 13.1. The summed E-state index contributed by atoms with van der Waals surface area (Å²) >= 11 is 0. The number of para-hydroxylation sites is 1. The number of halogens is 1. The molecule has 1 saturated heterocycles. The Balaban J connectivity index is 1.19. The second kappa shape index (κ2) is 13.1. The third kappa shape index (κ3) is 7.68. The van der Waals surface area contributed by atoms with E-state index in [0.29, 0.717) is 38.2 Å². The molecular formula is C28H35FN4O4. The molecule has 1 aliphatic heterocycles. The van der Waals surface area contributed by atoms with E-state index in [1.165, 1.54) is 6.07 Å². The van der Waals surface area contributed by atoms with Gasteiger partial charge in [0.15, 0.2) is 0 Å². The monoisotopic (exact) mass is 510 g/mol. The molecule has 0 radical (unpaired) electrons. The van der Waals surface area contributed by atoms with Crippen LogP contribution in [0.25, 0.3) is 0 Å². The van der Waals surface area contributed by atoms with Gasteiger partial charge in [0.2, 0.25) is 0 Å². The lowest BCUT2D eigenvalue weighted by molar-refractivity contribution is 0.0134. The van der Waals surface area contributed by atoms with Crippen molar-refractivity contribution in [2.45, 2.75) is 63.9 Å². The molecule has 3 amide bonds. The van der Waals surface area contributed by atoms with Crippen LogP contribution in [0.1, 0.15) is 63.4 Å². The summed E-state index contributed by atoms with van der Waals surface area (Å²) in [6.45, 7) is 3.64. The fraction of sp³-hybridized carbons (Fsp3) is 0.464. The van der Waals surface area contributed by atoms with Gasteiger partial charge in [0.25, 0.3) is 0 Å². The molecule has 2 aromatic carbocycles. The summed E-state index contributed by atoms with van der Waals surface area (Å²) in [5, 5.41) is 9.65. The molecule has 2 aliphatic rings. The Morgan fingerprint density at radius 2 is 1.78 bits per heavy atom. The fourth-order valence-electron chi connectivity index (χ4n) is 4.61. The normalized spacial score (nSPS) is 18.2. The van der Waals surface area contributed by atoms with Crippen molar-refractivity contribution in [1.29, 1.82) is 0 Å². The molecule has 2 N–H and O–H groups in total. The van der Waals surface area contributed by atoms with Crippen LogP contribution in [0.5, 0.6) is 5.75 Å². The quantitative estimate of drug-likeness (QED) is 0.444. The van der Waals surface area contributed by atoms with Crippen molar-refractivity contribution in [3.63, 3.8) is 0 Å². The van der Waals surface area contributed by atoms with E-state index in [4.69, 9.17) is 9.57 Å². The van der Waals surface area contributed by atoms with E-state index >= 15 is 0 Å². The number of carbonyl (C=O) groups excluding carboxylic acids is 2. The molecule has 0 bridgehead atoms. The fourth-order valence-corrected chi connectivity index (χ4v) is 4.61. The van der Waals surface area contributed by atoms with Crippen molar-refractivity contribution in [3.05, 3.63) is 59.9 Å². The van der Waals surface area contributed by atoms with E-state index < -0.39 is 11.8 Å². The maximum atomic E-state index is 14.6. The van der Waals surface area contributed by atoms with Gasteiger partial charge in [0, 0.05) is 32.5 Å². The number of piperidine rings is 1. The molecular weight excluding hydrogens is 475 g/mol. The summed E-state index contributed by atoms with van der Waals surface area (Å²) < 4.78 is 20.0. The molecule has 8 nitrogen and oxygen atoms in total. The van der Waals surface area contributed by atoms with Crippen LogP contribution in [0.4, 0.5) is 19.7 Å². The van der Waals surface area contributed by atoms with Crippen molar-refractivity contribution < 1.29 is 23.6 Å². The standard InChI is InChI=1S/C28H35FN4O4/c1-2-16-30-27(34)31-26-13-10-21(19-25(26)29)20-8-11-22(12-9-20)32-37-24-14-17-33(18-15-24)28(35)36-23-6-4-3-5-7-23/h3-7,10,13,19-20,24H,2,8-9,11-12,14-18H2,1H3,(H2,30,31,34). The van der Waals surface area contributed by atoms with Crippen molar-refractivity contribution in [2.75, 3.05) is 25.0 Å². The van der Waals surface area contributed by atoms with Crippen molar-refractivity contribution in [3.8, 4) is 5.75 Å². The van der Waals surface area contributed by atoms with E-state index in [-0.39, 0.29) is 23.8 Å². The third-order valence-electron chi connectivity index (χ3n) is 6.79. The third-order valence-corrected chi connectivity index (χ3v) is 6.79. The van der Waals surface area contributed by atoms with Gasteiger partial charge >= 0.3 is 12.1 Å². The Morgan fingerprint density at radius 1 is 1.05 bits per heavy atom. The Morgan fingerprint density at radius 3 is 2.46 bits per heavy atom. The smallest absolute Gasteiger partial charge is 0.410 e. The van der Waals surface area contributed by atoms with Gasteiger partial charge in [-0.15, -0.1) is 0 Å². The molecule has 2 fully saturated rings. The number of carbonyl (C=O) groups is 2. The molecule has 4 rings (SSSR count). The Labute approximate surface area is 217 Å². The number of anilines is 1. The lowest BCUT2D eigenvalue weighted by Crippen LogP contribution is -2.42. The molecule has 37 heavy (non-hydrogen) atoms.